The van der Waals surface area contributed by atoms with Gasteiger partial charge in [-0.1, -0.05) is 11.6 Å². The SMILES string of the molecule is NC(=O)[C@@H]1CCCN1C(=O)Nc1ccc(Cl)cc1-n1cccc1. The van der Waals surface area contributed by atoms with Crippen LogP contribution in [0.4, 0.5) is 10.5 Å². The lowest BCUT2D eigenvalue weighted by molar-refractivity contribution is -0.121. The van der Waals surface area contributed by atoms with Gasteiger partial charge in [0, 0.05) is 24.0 Å². The van der Waals surface area contributed by atoms with Crippen molar-refractivity contribution < 1.29 is 9.59 Å². The van der Waals surface area contributed by atoms with Crippen molar-refractivity contribution in [3.8, 4) is 5.69 Å². The first-order valence-corrected chi connectivity index (χ1v) is 7.74. The molecule has 7 heteroatoms. The van der Waals surface area contributed by atoms with E-state index in [-0.39, 0.29) is 6.03 Å². The predicted octanol–water partition coefficient (Wildman–Crippen LogP) is 2.61. The van der Waals surface area contributed by atoms with Crippen LogP contribution in [0.1, 0.15) is 12.8 Å². The largest absolute Gasteiger partial charge is 0.368 e. The van der Waals surface area contributed by atoms with Gasteiger partial charge in [-0.15, -0.1) is 0 Å². The number of carbonyl (C=O) groups is 2. The standard InChI is InChI=1S/C16H17ClN4O2/c17-11-5-6-12(14(10-11)20-7-1-2-8-20)19-16(23)21-9-3-4-13(21)15(18)22/h1-2,5-8,10,13H,3-4,9H2,(H2,18,22)(H,19,23)/t13-/m0/s1. The third kappa shape index (κ3) is 3.17. The van der Waals surface area contributed by atoms with Crippen molar-refractivity contribution in [2.75, 3.05) is 11.9 Å². The molecule has 1 aliphatic heterocycles. The first-order chi connectivity index (χ1) is 11.1. The van der Waals surface area contributed by atoms with Gasteiger partial charge >= 0.3 is 6.03 Å². The summed E-state index contributed by atoms with van der Waals surface area (Å²) in [4.78, 5) is 25.4. The number of hydrogen-bond acceptors (Lipinski definition) is 2. The molecule has 120 valence electrons. The zero-order valence-electron chi connectivity index (χ0n) is 12.4. The molecule has 1 atom stereocenters. The number of anilines is 1. The minimum atomic E-state index is -0.544. The number of hydrogen-bond donors (Lipinski definition) is 2. The topological polar surface area (TPSA) is 80.4 Å². The van der Waals surface area contributed by atoms with Crippen LogP contribution in [-0.2, 0) is 4.79 Å². The van der Waals surface area contributed by atoms with Crippen LogP contribution in [0.5, 0.6) is 0 Å². The molecule has 2 heterocycles. The average molecular weight is 333 g/mol. The lowest BCUT2D eigenvalue weighted by Crippen LogP contribution is -2.45. The molecule has 1 fully saturated rings. The summed E-state index contributed by atoms with van der Waals surface area (Å²) in [6.45, 7) is 0.520. The minimum absolute atomic E-state index is 0.331. The molecule has 6 nitrogen and oxygen atoms in total. The van der Waals surface area contributed by atoms with Crippen LogP contribution < -0.4 is 11.1 Å². The first kappa shape index (κ1) is 15.4. The number of halogens is 1. The molecule has 0 radical (unpaired) electrons. The Bertz CT molecular complexity index is 730. The van der Waals surface area contributed by atoms with Crippen LogP contribution in [0.3, 0.4) is 0 Å². The van der Waals surface area contributed by atoms with Crippen molar-refractivity contribution in [3.05, 3.63) is 47.7 Å². The predicted molar refractivity (Wildman–Crippen MR) is 88.7 cm³/mol. The summed E-state index contributed by atoms with van der Waals surface area (Å²) in [6, 6.07) is 8.11. The fourth-order valence-electron chi connectivity index (χ4n) is 2.81. The molecule has 0 unspecified atom stereocenters. The van der Waals surface area contributed by atoms with Gasteiger partial charge in [0.25, 0.3) is 0 Å². The smallest absolute Gasteiger partial charge is 0.322 e. The van der Waals surface area contributed by atoms with E-state index >= 15 is 0 Å². The zero-order chi connectivity index (χ0) is 16.4. The molecule has 3 amide bonds. The van der Waals surface area contributed by atoms with Crippen molar-refractivity contribution in [2.24, 2.45) is 5.73 Å². The van der Waals surface area contributed by atoms with E-state index in [2.05, 4.69) is 5.32 Å². The maximum Gasteiger partial charge on any atom is 0.322 e. The number of amides is 3. The molecule has 2 aromatic rings. The highest BCUT2D eigenvalue weighted by atomic mass is 35.5. The highest BCUT2D eigenvalue weighted by Gasteiger charge is 2.32. The minimum Gasteiger partial charge on any atom is -0.368 e. The van der Waals surface area contributed by atoms with Crippen LogP contribution in [0, 0.1) is 0 Å². The van der Waals surface area contributed by atoms with Gasteiger partial charge in [-0.05, 0) is 43.2 Å². The van der Waals surface area contributed by atoms with E-state index in [1.54, 1.807) is 18.2 Å². The Morgan fingerprint density at radius 1 is 1.26 bits per heavy atom. The Hall–Kier alpha value is -2.47. The van der Waals surface area contributed by atoms with E-state index in [9.17, 15) is 9.59 Å². The fraction of sp³-hybridized carbons (Fsp3) is 0.250. The molecule has 0 bridgehead atoms. The van der Waals surface area contributed by atoms with E-state index < -0.39 is 11.9 Å². The van der Waals surface area contributed by atoms with Gasteiger partial charge < -0.3 is 20.5 Å². The molecule has 0 spiro atoms. The summed E-state index contributed by atoms with van der Waals surface area (Å²) in [5.74, 6) is -0.473. The second-order valence-electron chi connectivity index (χ2n) is 5.44. The summed E-state index contributed by atoms with van der Waals surface area (Å²) in [7, 11) is 0. The van der Waals surface area contributed by atoms with Crippen LogP contribution in [0.2, 0.25) is 5.02 Å². The Morgan fingerprint density at radius 2 is 2.00 bits per heavy atom. The van der Waals surface area contributed by atoms with Crippen LogP contribution in [0.25, 0.3) is 5.69 Å². The lowest BCUT2D eigenvalue weighted by Gasteiger charge is -2.23. The van der Waals surface area contributed by atoms with E-state index in [4.69, 9.17) is 17.3 Å². The van der Waals surface area contributed by atoms with Crippen molar-refractivity contribution in [3.63, 3.8) is 0 Å². The fourth-order valence-corrected chi connectivity index (χ4v) is 2.98. The Labute approximate surface area is 138 Å². The number of nitrogens with zero attached hydrogens (tertiary/aromatic N) is 2. The number of aromatic nitrogens is 1. The quantitative estimate of drug-likeness (QED) is 0.906. The summed E-state index contributed by atoms with van der Waals surface area (Å²) < 4.78 is 1.86. The molecule has 3 N–H and O–H groups in total. The third-order valence-corrected chi connectivity index (χ3v) is 4.16. The van der Waals surface area contributed by atoms with Gasteiger partial charge in [-0.25, -0.2) is 4.79 Å². The number of rotatable bonds is 3. The monoisotopic (exact) mass is 332 g/mol. The molecular formula is C16H17ClN4O2. The molecule has 1 saturated heterocycles. The summed E-state index contributed by atoms with van der Waals surface area (Å²) in [5, 5.41) is 3.42. The maximum absolute atomic E-state index is 12.5. The number of nitrogens with one attached hydrogen (secondary N) is 1. The number of urea groups is 1. The van der Waals surface area contributed by atoms with Crippen molar-refractivity contribution in [2.45, 2.75) is 18.9 Å². The molecule has 23 heavy (non-hydrogen) atoms. The Morgan fingerprint density at radius 3 is 2.70 bits per heavy atom. The van der Waals surface area contributed by atoms with Crippen LogP contribution in [-0.4, -0.2) is 34.0 Å². The van der Waals surface area contributed by atoms with Gasteiger partial charge in [0.15, 0.2) is 0 Å². The molecule has 3 rings (SSSR count). The van der Waals surface area contributed by atoms with Gasteiger partial charge in [0.05, 0.1) is 11.4 Å². The normalized spacial score (nSPS) is 17.3. The van der Waals surface area contributed by atoms with E-state index in [0.717, 1.165) is 12.1 Å². The van der Waals surface area contributed by atoms with E-state index in [1.165, 1.54) is 4.90 Å². The van der Waals surface area contributed by atoms with Crippen LogP contribution in [0.15, 0.2) is 42.7 Å². The van der Waals surface area contributed by atoms with E-state index in [0.29, 0.717) is 23.7 Å². The van der Waals surface area contributed by atoms with Crippen molar-refractivity contribution in [1.29, 1.82) is 0 Å². The highest BCUT2D eigenvalue weighted by Crippen LogP contribution is 2.26. The molecule has 0 saturated carbocycles. The molecule has 1 aromatic heterocycles. The molecular weight excluding hydrogens is 316 g/mol. The highest BCUT2D eigenvalue weighted by molar-refractivity contribution is 6.30. The van der Waals surface area contributed by atoms with Gasteiger partial charge in [0.2, 0.25) is 5.91 Å². The Balaban J connectivity index is 1.86. The molecule has 1 aromatic carbocycles. The number of nitrogens with two attached hydrogens (primary N) is 1. The molecule has 1 aliphatic rings. The van der Waals surface area contributed by atoms with Gasteiger partial charge in [-0.2, -0.15) is 0 Å². The van der Waals surface area contributed by atoms with E-state index in [1.807, 2.05) is 29.1 Å². The zero-order valence-corrected chi connectivity index (χ0v) is 13.2. The second-order valence-corrected chi connectivity index (χ2v) is 5.87. The van der Waals surface area contributed by atoms with Crippen molar-refractivity contribution >= 4 is 29.2 Å². The summed E-state index contributed by atoms with van der Waals surface area (Å²) >= 11 is 6.06. The Kier molecular flexibility index (Phi) is 4.25. The third-order valence-electron chi connectivity index (χ3n) is 3.93. The molecule has 0 aliphatic carbocycles. The van der Waals surface area contributed by atoms with Gasteiger partial charge in [0.1, 0.15) is 6.04 Å². The average Bonchev–Trinajstić information content (AvgIpc) is 3.20. The maximum atomic E-state index is 12.5. The summed E-state index contributed by atoms with van der Waals surface area (Å²) in [5.41, 5.74) is 6.74. The number of likely N-dealkylation sites (tertiary alicyclic amines) is 1. The second kappa shape index (κ2) is 6.34. The number of benzene rings is 1. The van der Waals surface area contributed by atoms with Crippen LogP contribution >= 0.6 is 11.6 Å². The first-order valence-electron chi connectivity index (χ1n) is 7.36. The van der Waals surface area contributed by atoms with Crippen molar-refractivity contribution in [1.82, 2.24) is 9.47 Å². The van der Waals surface area contributed by atoms with Gasteiger partial charge in [-0.3, -0.25) is 4.79 Å². The summed E-state index contributed by atoms with van der Waals surface area (Å²) in [6.07, 6.45) is 5.10. The lowest BCUT2D eigenvalue weighted by atomic mass is 10.2. The number of primary amides is 1. The number of carbonyl (C=O) groups excluding carboxylic acids is 2.